The molecule has 1 unspecified atom stereocenters. The average Bonchev–Trinajstić information content (AvgIpc) is 3.05. The van der Waals surface area contributed by atoms with Crippen LogP contribution in [0, 0.1) is 0 Å². The first kappa shape index (κ1) is 12.5. The fourth-order valence-corrected chi connectivity index (χ4v) is 1.96. The molecule has 0 spiro atoms. The lowest BCUT2D eigenvalue weighted by Crippen LogP contribution is -2.33. The Balaban J connectivity index is 1.78. The maximum absolute atomic E-state index is 11.9. The molecule has 6 nitrogen and oxygen atoms in total. The summed E-state index contributed by atoms with van der Waals surface area (Å²) in [4.78, 5) is 11.9. The van der Waals surface area contributed by atoms with Crippen molar-refractivity contribution in [2.45, 2.75) is 26.1 Å². The first-order valence-electron chi connectivity index (χ1n) is 6.42. The van der Waals surface area contributed by atoms with Crippen molar-refractivity contribution in [3.63, 3.8) is 0 Å². The lowest BCUT2D eigenvalue weighted by atomic mass is 10.2. The standard InChI is InChI=1S/C14H15N3O3/c1-3-14(2)19-11-5-4-10(6-12(11)20-14)17-13(18)9-7-15-16-8-9/h4-8H,3H2,1-2H3,(H,15,16)(H,17,18). The highest BCUT2D eigenvalue weighted by Gasteiger charge is 2.34. The summed E-state index contributed by atoms with van der Waals surface area (Å²) in [7, 11) is 0. The molecule has 0 saturated heterocycles. The Morgan fingerprint density at radius 1 is 1.40 bits per heavy atom. The molecule has 0 fully saturated rings. The van der Waals surface area contributed by atoms with Gasteiger partial charge in [-0.15, -0.1) is 0 Å². The van der Waals surface area contributed by atoms with Gasteiger partial charge in [-0.2, -0.15) is 5.10 Å². The van der Waals surface area contributed by atoms with E-state index in [1.54, 1.807) is 18.2 Å². The van der Waals surface area contributed by atoms with Crippen molar-refractivity contribution >= 4 is 11.6 Å². The van der Waals surface area contributed by atoms with Gasteiger partial charge in [0.25, 0.3) is 5.91 Å². The Hall–Kier alpha value is -2.50. The maximum Gasteiger partial charge on any atom is 0.258 e. The topological polar surface area (TPSA) is 76.2 Å². The fourth-order valence-electron chi connectivity index (χ4n) is 1.96. The molecule has 1 aliphatic rings. The number of carbonyl (C=O) groups excluding carboxylic acids is 1. The lowest BCUT2D eigenvalue weighted by Gasteiger charge is -2.20. The van der Waals surface area contributed by atoms with Crippen LogP contribution >= 0.6 is 0 Å². The molecule has 20 heavy (non-hydrogen) atoms. The van der Waals surface area contributed by atoms with Crippen molar-refractivity contribution in [3.05, 3.63) is 36.2 Å². The number of hydrogen-bond acceptors (Lipinski definition) is 4. The Bertz CT molecular complexity index is 639. The number of ether oxygens (including phenoxy) is 2. The number of rotatable bonds is 3. The summed E-state index contributed by atoms with van der Waals surface area (Å²) >= 11 is 0. The van der Waals surface area contributed by atoms with Gasteiger partial charge < -0.3 is 14.8 Å². The molecule has 2 N–H and O–H groups in total. The van der Waals surface area contributed by atoms with E-state index in [1.165, 1.54) is 12.4 Å². The van der Waals surface area contributed by atoms with E-state index < -0.39 is 5.79 Å². The van der Waals surface area contributed by atoms with E-state index in [-0.39, 0.29) is 5.91 Å². The zero-order valence-corrected chi connectivity index (χ0v) is 11.3. The summed E-state index contributed by atoms with van der Waals surface area (Å²) < 4.78 is 11.5. The zero-order valence-electron chi connectivity index (χ0n) is 11.3. The van der Waals surface area contributed by atoms with Crippen LogP contribution in [0.1, 0.15) is 30.6 Å². The molecule has 1 atom stereocenters. The van der Waals surface area contributed by atoms with Crippen LogP contribution in [0.15, 0.2) is 30.6 Å². The van der Waals surface area contributed by atoms with Gasteiger partial charge in [0.1, 0.15) is 0 Å². The third-order valence-corrected chi connectivity index (χ3v) is 3.26. The lowest BCUT2D eigenvalue weighted by molar-refractivity contribution is -0.0640. The number of nitrogens with one attached hydrogen (secondary N) is 2. The van der Waals surface area contributed by atoms with Gasteiger partial charge in [0.15, 0.2) is 11.5 Å². The average molecular weight is 273 g/mol. The van der Waals surface area contributed by atoms with Gasteiger partial charge in [-0.05, 0) is 12.1 Å². The highest BCUT2D eigenvalue weighted by Crippen LogP contribution is 2.42. The second-order valence-electron chi connectivity index (χ2n) is 4.79. The summed E-state index contributed by atoms with van der Waals surface area (Å²) in [5, 5.41) is 9.13. The predicted molar refractivity (Wildman–Crippen MR) is 72.9 cm³/mol. The smallest absolute Gasteiger partial charge is 0.258 e. The van der Waals surface area contributed by atoms with Gasteiger partial charge in [-0.25, -0.2) is 0 Å². The van der Waals surface area contributed by atoms with Gasteiger partial charge in [-0.1, -0.05) is 6.92 Å². The molecule has 6 heteroatoms. The van der Waals surface area contributed by atoms with E-state index in [2.05, 4.69) is 15.5 Å². The van der Waals surface area contributed by atoms with Crippen LogP contribution in [0.5, 0.6) is 11.5 Å². The Morgan fingerprint density at radius 3 is 2.90 bits per heavy atom. The number of fused-ring (bicyclic) bond motifs is 1. The number of H-pyrrole nitrogens is 1. The molecule has 0 bridgehead atoms. The molecule has 0 radical (unpaired) electrons. The number of aromatic amines is 1. The maximum atomic E-state index is 11.9. The zero-order chi connectivity index (χ0) is 14.2. The van der Waals surface area contributed by atoms with Gasteiger partial charge in [0, 0.05) is 31.3 Å². The van der Waals surface area contributed by atoms with Gasteiger partial charge >= 0.3 is 0 Å². The molecule has 2 aromatic rings. The van der Waals surface area contributed by atoms with Crippen molar-refractivity contribution in [3.8, 4) is 11.5 Å². The van der Waals surface area contributed by atoms with Gasteiger partial charge in [0.05, 0.1) is 11.8 Å². The van der Waals surface area contributed by atoms with E-state index in [0.29, 0.717) is 22.7 Å². The van der Waals surface area contributed by atoms with Crippen molar-refractivity contribution in [1.29, 1.82) is 0 Å². The second kappa shape index (κ2) is 4.56. The second-order valence-corrected chi connectivity index (χ2v) is 4.79. The Kier molecular flexibility index (Phi) is 2.85. The number of hydrogen-bond donors (Lipinski definition) is 2. The Labute approximate surface area is 116 Å². The summed E-state index contributed by atoms with van der Waals surface area (Å²) in [5.74, 6) is 0.473. The van der Waals surface area contributed by atoms with Crippen molar-refractivity contribution < 1.29 is 14.3 Å². The number of aromatic nitrogens is 2. The first-order chi connectivity index (χ1) is 9.59. The van der Waals surface area contributed by atoms with Crippen LogP contribution in [0.4, 0.5) is 5.69 Å². The van der Waals surface area contributed by atoms with Crippen LogP contribution in [-0.4, -0.2) is 21.9 Å². The minimum atomic E-state index is -0.629. The molecule has 0 aliphatic carbocycles. The molecule has 1 aromatic heterocycles. The molecule has 104 valence electrons. The fraction of sp³-hybridized carbons (Fsp3) is 0.286. The number of amides is 1. The van der Waals surface area contributed by atoms with Crippen LogP contribution in [0.2, 0.25) is 0 Å². The molecular weight excluding hydrogens is 258 g/mol. The van der Waals surface area contributed by atoms with Crippen molar-refractivity contribution in [2.24, 2.45) is 0 Å². The summed E-state index contributed by atoms with van der Waals surface area (Å²) in [5.41, 5.74) is 1.12. The summed E-state index contributed by atoms with van der Waals surface area (Å²) in [6, 6.07) is 5.33. The van der Waals surface area contributed by atoms with Gasteiger partial charge in [0.2, 0.25) is 5.79 Å². The molecular formula is C14H15N3O3. The van der Waals surface area contributed by atoms with E-state index >= 15 is 0 Å². The highest BCUT2D eigenvalue weighted by atomic mass is 16.7. The Morgan fingerprint density at radius 2 is 2.20 bits per heavy atom. The van der Waals surface area contributed by atoms with Crippen LogP contribution in [-0.2, 0) is 0 Å². The molecule has 1 amide bonds. The van der Waals surface area contributed by atoms with E-state index in [9.17, 15) is 4.79 Å². The van der Waals surface area contributed by atoms with Crippen molar-refractivity contribution in [2.75, 3.05) is 5.32 Å². The van der Waals surface area contributed by atoms with E-state index in [0.717, 1.165) is 6.42 Å². The molecule has 0 saturated carbocycles. The minimum absolute atomic E-state index is 0.226. The quantitative estimate of drug-likeness (QED) is 0.901. The number of nitrogens with zero attached hydrogens (tertiary/aromatic N) is 1. The normalized spacial score (nSPS) is 19.9. The van der Waals surface area contributed by atoms with E-state index in [1.807, 2.05) is 13.8 Å². The molecule has 1 aromatic carbocycles. The minimum Gasteiger partial charge on any atom is -0.449 e. The highest BCUT2D eigenvalue weighted by molar-refractivity contribution is 6.04. The van der Waals surface area contributed by atoms with Crippen LogP contribution < -0.4 is 14.8 Å². The van der Waals surface area contributed by atoms with Crippen LogP contribution in [0.3, 0.4) is 0 Å². The predicted octanol–water partition coefficient (Wildman–Crippen LogP) is 2.56. The summed E-state index contributed by atoms with van der Waals surface area (Å²) in [6.45, 7) is 3.88. The number of anilines is 1. The molecule has 2 heterocycles. The van der Waals surface area contributed by atoms with Crippen LogP contribution in [0.25, 0.3) is 0 Å². The molecule has 1 aliphatic heterocycles. The monoisotopic (exact) mass is 273 g/mol. The largest absolute Gasteiger partial charge is 0.449 e. The van der Waals surface area contributed by atoms with E-state index in [4.69, 9.17) is 9.47 Å². The third-order valence-electron chi connectivity index (χ3n) is 3.26. The first-order valence-corrected chi connectivity index (χ1v) is 6.42. The molecule has 3 rings (SSSR count). The van der Waals surface area contributed by atoms with Crippen molar-refractivity contribution in [1.82, 2.24) is 10.2 Å². The number of benzene rings is 1. The van der Waals surface area contributed by atoms with Gasteiger partial charge in [-0.3, -0.25) is 9.89 Å². The summed E-state index contributed by atoms with van der Waals surface area (Å²) in [6.07, 6.45) is 3.74. The third kappa shape index (κ3) is 2.20. The number of carbonyl (C=O) groups is 1. The SMILES string of the molecule is CCC1(C)Oc2ccc(NC(=O)c3cn[nH]c3)cc2O1.